The van der Waals surface area contributed by atoms with Crippen molar-refractivity contribution in [2.75, 3.05) is 6.54 Å². The van der Waals surface area contributed by atoms with Crippen molar-refractivity contribution in [1.29, 1.82) is 0 Å². The third kappa shape index (κ3) is 4.39. The van der Waals surface area contributed by atoms with Crippen LogP contribution in [0.15, 0.2) is 11.8 Å². The molecule has 1 unspecified atom stereocenters. The Balaban J connectivity index is 3.73. The molecule has 0 aromatic carbocycles. The van der Waals surface area contributed by atoms with Gasteiger partial charge in [0.15, 0.2) is 0 Å². The van der Waals surface area contributed by atoms with Gasteiger partial charge in [0.25, 0.3) is 0 Å². The zero-order chi connectivity index (χ0) is 9.56. The van der Waals surface area contributed by atoms with Crippen molar-refractivity contribution >= 4 is 0 Å². The maximum absolute atomic E-state index is 5.67. The van der Waals surface area contributed by atoms with Crippen LogP contribution in [0, 0.1) is 5.92 Å². The summed E-state index contributed by atoms with van der Waals surface area (Å²) < 4.78 is 0. The number of allylic oxidation sites excluding steroid dienone is 1. The molecule has 0 bridgehead atoms. The maximum Gasteiger partial charge on any atom is 0.0351 e. The van der Waals surface area contributed by atoms with Gasteiger partial charge >= 0.3 is 0 Å². The minimum atomic E-state index is 0.587. The van der Waals surface area contributed by atoms with Crippen LogP contribution in [0.3, 0.4) is 0 Å². The Labute approximate surface area is 76.2 Å². The molecule has 3 N–H and O–H groups in total. The molecule has 0 fully saturated rings. The van der Waals surface area contributed by atoms with Crippen LogP contribution in [0.2, 0.25) is 0 Å². The summed E-state index contributed by atoms with van der Waals surface area (Å²) in [6, 6.07) is 0.587. The number of nitrogens with two attached hydrogens (primary N) is 1. The number of nitrogens with one attached hydrogen (secondary N) is 1. The Morgan fingerprint density at radius 3 is 2.42 bits per heavy atom. The zero-order valence-electron chi connectivity index (χ0n) is 8.72. The van der Waals surface area contributed by atoms with Gasteiger partial charge in [-0.25, -0.2) is 0 Å². The van der Waals surface area contributed by atoms with Gasteiger partial charge in [-0.1, -0.05) is 26.8 Å². The van der Waals surface area contributed by atoms with E-state index in [0.29, 0.717) is 12.0 Å². The molecule has 0 spiro atoms. The average Bonchev–Trinajstić information content (AvgIpc) is 2.04. The standard InChI is InChI=1S/C10H22N2/c1-5-9(11)7-12-10(6-2)8(3)4/h5,8,10,12H,6-7,11H2,1-4H3/b9-5+. The average molecular weight is 170 g/mol. The number of rotatable bonds is 5. The fraction of sp³-hybridized carbons (Fsp3) is 0.800. The molecule has 0 saturated heterocycles. The van der Waals surface area contributed by atoms with Crippen LogP contribution < -0.4 is 11.1 Å². The summed E-state index contributed by atoms with van der Waals surface area (Å²) in [5.74, 6) is 0.680. The third-order valence-electron chi connectivity index (χ3n) is 2.18. The Bertz CT molecular complexity index is 139. The third-order valence-corrected chi connectivity index (χ3v) is 2.18. The van der Waals surface area contributed by atoms with Crippen molar-refractivity contribution in [3.05, 3.63) is 11.8 Å². The lowest BCUT2D eigenvalue weighted by molar-refractivity contribution is 0.400. The Morgan fingerprint density at radius 1 is 1.50 bits per heavy atom. The molecule has 0 aliphatic carbocycles. The van der Waals surface area contributed by atoms with Crippen LogP contribution in [0.1, 0.15) is 34.1 Å². The van der Waals surface area contributed by atoms with E-state index in [1.54, 1.807) is 0 Å². The van der Waals surface area contributed by atoms with E-state index in [1.807, 2.05) is 13.0 Å². The first-order chi connectivity index (χ1) is 5.61. The molecule has 0 radical (unpaired) electrons. The molecule has 0 aromatic rings. The van der Waals surface area contributed by atoms with Crippen molar-refractivity contribution in [1.82, 2.24) is 5.32 Å². The molecule has 12 heavy (non-hydrogen) atoms. The van der Waals surface area contributed by atoms with Gasteiger partial charge < -0.3 is 11.1 Å². The van der Waals surface area contributed by atoms with Crippen LogP contribution in [-0.2, 0) is 0 Å². The molecule has 0 amide bonds. The molecule has 0 rings (SSSR count). The first kappa shape index (κ1) is 11.5. The minimum absolute atomic E-state index is 0.587. The van der Waals surface area contributed by atoms with E-state index in [2.05, 4.69) is 26.1 Å². The van der Waals surface area contributed by atoms with E-state index in [-0.39, 0.29) is 0 Å². The Morgan fingerprint density at radius 2 is 2.08 bits per heavy atom. The van der Waals surface area contributed by atoms with E-state index in [1.165, 1.54) is 0 Å². The summed E-state index contributed by atoms with van der Waals surface area (Å²) in [7, 11) is 0. The molecule has 2 nitrogen and oxygen atoms in total. The van der Waals surface area contributed by atoms with Crippen molar-refractivity contribution in [2.24, 2.45) is 11.7 Å². The van der Waals surface area contributed by atoms with Gasteiger partial charge in [0.1, 0.15) is 0 Å². The maximum atomic E-state index is 5.67. The lowest BCUT2D eigenvalue weighted by atomic mass is 10.0. The normalized spacial score (nSPS) is 15.2. The molecule has 0 aliphatic rings. The molecular formula is C10H22N2. The summed E-state index contributed by atoms with van der Waals surface area (Å²) in [4.78, 5) is 0. The molecule has 72 valence electrons. The highest BCUT2D eigenvalue weighted by Crippen LogP contribution is 2.04. The first-order valence-corrected chi connectivity index (χ1v) is 4.75. The second-order valence-electron chi connectivity index (χ2n) is 3.50. The summed E-state index contributed by atoms with van der Waals surface area (Å²) >= 11 is 0. The molecule has 0 aromatic heterocycles. The molecule has 1 atom stereocenters. The zero-order valence-corrected chi connectivity index (χ0v) is 8.72. The number of hydrogen-bond donors (Lipinski definition) is 2. The predicted octanol–water partition coefficient (Wildman–Crippen LogP) is 1.87. The highest BCUT2D eigenvalue weighted by Gasteiger charge is 2.09. The van der Waals surface area contributed by atoms with Crippen LogP contribution in [0.25, 0.3) is 0 Å². The van der Waals surface area contributed by atoms with Gasteiger partial charge in [-0.05, 0) is 19.3 Å². The quantitative estimate of drug-likeness (QED) is 0.661. The van der Waals surface area contributed by atoms with E-state index in [4.69, 9.17) is 5.73 Å². The summed E-state index contributed by atoms with van der Waals surface area (Å²) in [5, 5.41) is 3.43. The van der Waals surface area contributed by atoms with Crippen molar-refractivity contribution in [3.8, 4) is 0 Å². The van der Waals surface area contributed by atoms with Crippen LogP contribution in [0.4, 0.5) is 0 Å². The van der Waals surface area contributed by atoms with Gasteiger partial charge in [-0.3, -0.25) is 0 Å². The van der Waals surface area contributed by atoms with Crippen LogP contribution in [-0.4, -0.2) is 12.6 Å². The molecule has 2 heteroatoms. The fourth-order valence-electron chi connectivity index (χ4n) is 1.20. The highest BCUT2D eigenvalue weighted by molar-refractivity contribution is 4.96. The van der Waals surface area contributed by atoms with Crippen molar-refractivity contribution in [2.45, 2.75) is 40.2 Å². The minimum Gasteiger partial charge on any atom is -0.401 e. The smallest absolute Gasteiger partial charge is 0.0351 e. The lowest BCUT2D eigenvalue weighted by Crippen LogP contribution is -2.35. The Kier molecular flexibility index (Phi) is 5.81. The van der Waals surface area contributed by atoms with Crippen molar-refractivity contribution < 1.29 is 0 Å². The lowest BCUT2D eigenvalue weighted by Gasteiger charge is -2.20. The summed E-state index contributed by atoms with van der Waals surface area (Å²) in [6.45, 7) is 9.43. The molecular weight excluding hydrogens is 148 g/mol. The van der Waals surface area contributed by atoms with E-state index >= 15 is 0 Å². The van der Waals surface area contributed by atoms with Gasteiger partial charge in [0, 0.05) is 18.3 Å². The topological polar surface area (TPSA) is 38.0 Å². The summed E-state index contributed by atoms with van der Waals surface area (Å²) in [5.41, 5.74) is 6.60. The highest BCUT2D eigenvalue weighted by atomic mass is 14.9. The van der Waals surface area contributed by atoms with Gasteiger partial charge in [0.05, 0.1) is 0 Å². The van der Waals surface area contributed by atoms with E-state index in [0.717, 1.165) is 18.7 Å². The SMILES string of the molecule is C/C=C(/N)CNC(CC)C(C)C. The second-order valence-corrected chi connectivity index (χ2v) is 3.50. The Hall–Kier alpha value is -0.500. The summed E-state index contributed by atoms with van der Waals surface area (Å²) in [6.07, 6.45) is 3.11. The van der Waals surface area contributed by atoms with Gasteiger partial charge in [-0.2, -0.15) is 0 Å². The van der Waals surface area contributed by atoms with Crippen molar-refractivity contribution in [3.63, 3.8) is 0 Å². The molecule has 0 aliphatic heterocycles. The van der Waals surface area contributed by atoms with Gasteiger partial charge in [0.2, 0.25) is 0 Å². The van der Waals surface area contributed by atoms with Gasteiger partial charge in [-0.15, -0.1) is 0 Å². The molecule has 0 saturated carbocycles. The predicted molar refractivity (Wildman–Crippen MR) is 54.9 cm³/mol. The fourth-order valence-corrected chi connectivity index (χ4v) is 1.20. The molecule has 0 heterocycles. The second kappa shape index (κ2) is 6.06. The van der Waals surface area contributed by atoms with Crippen LogP contribution >= 0.6 is 0 Å². The number of hydrogen-bond acceptors (Lipinski definition) is 2. The monoisotopic (exact) mass is 170 g/mol. The van der Waals surface area contributed by atoms with E-state index in [9.17, 15) is 0 Å². The largest absolute Gasteiger partial charge is 0.401 e. The van der Waals surface area contributed by atoms with Crippen LogP contribution in [0.5, 0.6) is 0 Å². The van der Waals surface area contributed by atoms with E-state index < -0.39 is 0 Å². The first-order valence-electron chi connectivity index (χ1n) is 4.75.